The van der Waals surface area contributed by atoms with E-state index in [2.05, 4.69) is 10.4 Å². The fourth-order valence-corrected chi connectivity index (χ4v) is 2.01. The predicted molar refractivity (Wildman–Crippen MR) is 71.8 cm³/mol. The van der Waals surface area contributed by atoms with Gasteiger partial charge in [0.15, 0.2) is 0 Å². The Morgan fingerprint density at radius 2 is 2.16 bits per heavy atom. The first-order valence-corrected chi connectivity index (χ1v) is 6.34. The number of anilines is 1. The van der Waals surface area contributed by atoms with Gasteiger partial charge < -0.3 is 5.32 Å². The maximum atomic E-state index is 13.5. The lowest BCUT2D eigenvalue weighted by Gasteiger charge is -2.06. The molecule has 0 radical (unpaired) electrons. The van der Waals surface area contributed by atoms with Crippen molar-refractivity contribution in [3.05, 3.63) is 46.9 Å². The van der Waals surface area contributed by atoms with E-state index >= 15 is 0 Å². The molecule has 0 aliphatic rings. The average Bonchev–Trinajstić information content (AvgIpc) is 2.81. The van der Waals surface area contributed by atoms with Gasteiger partial charge in [0.1, 0.15) is 18.3 Å². The summed E-state index contributed by atoms with van der Waals surface area (Å²) in [5, 5.41) is 7.58. The van der Waals surface area contributed by atoms with Gasteiger partial charge in [0.25, 0.3) is 0 Å². The van der Waals surface area contributed by atoms with E-state index in [4.69, 9.17) is 11.6 Å². The van der Waals surface area contributed by atoms with Gasteiger partial charge in [-0.05, 0) is 18.6 Å². The Labute approximate surface area is 115 Å². The molecule has 0 amide bonds. The van der Waals surface area contributed by atoms with Crippen LogP contribution in [0.2, 0.25) is 5.02 Å². The SMILES string of the molecule is FCCn1ccc(NCCc2c(F)cccc2Cl)n1. The van der Waals surface area contributed by atoms with Crippen LogP contribution in [0.5, 0.6) is 0 Å². The third kappa shape index (κ3) is 3.67. The molecular weight excluding hydrogens is 272 g/mol. The van der Waals surface area contributed by atoms with Gasteiger partial charge in [-0.1, -0.05) is 17.7 Å². The molecule has 0 saturated heterocycles. The summed E-state index contributed by atoms with van der Waals surface area (Å²) in [5.41, 5.74) is 0.486. The highest BCUT2D eigenvalue weighted by Gasteiger charge is 2.06. The zero-order valence-corrected chi connectivity index (χ0v) is 11.0. The molecule has 102 valence electrons. The molecule has 1 heterocycles. The van der Waals surface area contributed by atoms with Crippen molar-refractivity contribution in [3.8, 4) is 0 Å². The molecule has 2 rings (SSSR count). The first kappa shape index (κ1) is 13.8. The molecule has 1 N–H and O–H groups in total. The Balaban J connectivity index is 1.89. The van der Waals surface area contributed by atoms with Crippen molar-refractivity contribution in [2.75, 3.05) is 18.5 Å². The molecule has 0 fully saturated rings. The number of hydrogen-bond donors (Lipinski definition) is 1. The van der Waals surface area contributed by atoms with Crippen molar-refractivity contribution in [1.29, 1.82) is 0 Å². The molecule has 0 saturated carbocycles. The zero-order valence-electron chi connectivity index (χ0n) is 10.2. The van der Waals surface area contributed by atoms with Crippen LogP contribution in [0.25, 0.3) is 0 Å². The van der Waals surface area contributed by atoms with Crippen molar-refractivity contribution in [3.63, 3.8) is 0 Å². The van der Waals surface area contributed by atoms with Gasteiger partial charge in [0, 0.05) is 29.4 Å². The average molecular weight is 286 g/mol. The molecule has 2 aromatic rings. The summed E-state index contributed by atoms with van der Waals surface area (Å²) in [6.07, 6.45) is 2.15. The Morgan fingerprint density at radius 3 is 2.89 bits per heavy atom. The van der Waals surface area contributed by atoms with Gasteiger partial charge in [-0.2, -0.15) is 5.10 Å². The molecule has 1 aromatic heterocycles. The summed E-state index contributed by atoms with van der Waals surface area (Å²) in [4.78, 5) is 0. The third-order valence-electron chi connectivity index (χ3n) is 2.70. The van der Waals surface area contributed by atoms with Crippen LogP contribution in [0.1, 0.15) is 5.56 Å². The number of aryl methyl sites for hydroxylation is 1. The van der Waals surface area contributed by atoms with Crippen molar-refractivity contribution in [2.24, 2.45) is 0 Å². The van der Waals surface area contributed by atoms with Crippen LogP contribution in [0.4, 0.5) is 14.6 Å². The minimum atomic E-state index is -0.452. The van der Waals surface area contributed by atoms with E-state index in [9.17, 15) is 8.78 Å². The van der Waals surface area contributed by atoms with E-state index in [1.165, 1.54) is 10.7 Å². The summed E-state index contributed by atoms with van der Waals surface area (Å²) in [6.45, 7) is 0.292. The molecule has 0 bridgehead atoms. The van der Waals surface area contributed by atoms with E-state index < -0.39 is 6.67 Å². The van der Waals surface area contributed by atoms with Crippen LogP contribution in [-0.4, -0.2) is 23.0 Å². The fourth-order valence-electron chi connectivity index (χ4n) is 1.75. The Morgan fingerprint density at radius 1 is 1.32 bits per heavy atom. The van der Waals surface area contributed by atoms with E-state index in [1.807, 2.05) is 0 Å². The number of hydrogen-bond acceptors (Lipinski definition) is 2. The van der Waals surface area contributed by atoms with Gasteiger partial charge in [-0.3, -0.25) is 4.68 Å². The van der Waals surface area contributed by atoms with Crippen LogP contribution in [0.3, 0.4) is 0 Å². The normalized spacial score (nSPS) is 10.7. The largest absolute Gasteiger partial charge is 0.368 e. The Kier molecular flexibility index (Phi) is 4.74. The Hall–Kier alpha value is -1.62. The maximum Gasteiger partial charge on any atom is 0.147 e. The summed E-state index contributed by atoms with van der Waals surface area (Å²) < 4.78 is 27.1. The molecule has 3 nitrogen and oxygen atoms in total. The molecule has 0 unspecified atom stereocenters. The van der Waals surface area contributed by atoms with Crippen LogP contribution < -0.4 is 5.32 Å². The van der Waals surface area contributed by atoms with Gasteiger partial charge in [-0.25, -0.2) is 8.78 Å². The molecule has 0 aliphatic heterocycles. The number of halogens is 3. The molecule has 0 atom stereocenters. The lowest BCUT2D eigenvalue weighted by Crippen LogP contribution is -2.08. The minimum Gasteiger partial charge on any atom is -0.368 e. The van der Waals surface area contributed by atoms with Gasteiger partial charge >= 0.3 is 0 Å². The number of alkyl halides is 1. The number of rotatable bonds is 6. The molecule has 0 spiro atoms. The van der Waals surface area contributed by atoms with Crippen molar-refractivity contribution >= 4 is 17.4 Å². The van der Waals surface area contributed by atoms with Gasteiger partial charge in [-0.15, -0.1) is 0 Å². The molecule has 19 heavy (non-hydrogen) atoms. The van der Waals surface area contributed by atoms with Crippen LogP contribution in [0.15, 0.2) is 30.5 Å². The predicted octanol–water partition coefficient (Wildman–Crippen LogP) is 3.30. The maximum absolute atomic E-state index is 13.5. The second-order valence-corrected chi connectivity index (χ2v) is 4.44. The third-order valence-corrected chi connectivity index (χ3v) is 3.05. The lowest BCUT2D eigenvalue weighted by atomic mass is 10.1. The summed E-state index contributed by atoms with van der Waals surface area (Å²) >= 11 is 5.93. The number of nitrogens with zero attached hydrogens (tertiary/aromatic N) is 2. The quantitative estimate of drug-likeness (QED) is 0.882. The van der Waals surface area contributed by atoms with E-state index in [0.29, 0.717) is 29.4 Å². The van der Waals surface area contributed by atoms with Crippen LogP contribution in [-0.2, 0) is 13.0 Å². The number of aromatic nitrogens is 2. The minimum absolute atomic E-state index is 0.237. The highest BCUT2D eigenvalue weighted by Crippen LogP contribution is 2.19. The second kappa shape index (κ2) is 6.52. The second-order valence-electron chi connectivity index (χ2n) is 4.03. The topological polar surface area (TPSA) is 29.9 Å². The van der Waals surface area contributed by atoms with E-state index in [1.54, 1.807) is 24.4 Å². The first-order valence-electron chi connectivity index (χ1n) is 5.97. The molecule has 0 aliphatic carbocycles. The highest BCUT2D eigenvalue weighted by atomic mass is 35.5. The smallest absolute Gasteiger partial charge is 0.147 e. The highest BCUT2D eigenvalue weighted by molar-refractivity contribution is 6.31. The summed E-state index contributed by atoms with van der Waals surface area (Å²) in [6, 6.07) is 6.37. The number of benzene rings is 1. The zero-order chi connectivity index (χ0) is 13.7. The van der Waals surface area contributed by atoms with Crippen LogP contribution in [0, 0.1) is 5.82 Å². The van der Waals surface area contributed by atoms with Crippen molar-refractivity contribution < 1.29 is 8.78 Å². The summed E-state index contributed by atoms with van der Waals surface area (Å²) in [7, 11) is 0. The standard InChI is InChI=1S/C13H14ClF2N3/c14-11-2-1-3-12(16)10(11)4-7-17-13-5-8-19(18-13)9-6-15/h1-3,5,8H,4,6-7,9H2,(H,17,18). The van der Waals surface area contributed by atoms with E-state index in [0.717, 1.165) is 0 Å². The monoisotopic (exact) mass is 285 g/mol. The first-order chi connectivity index (χ1) is 9.20. The lowest BCUT2D eigenvalue weighted by molar-refractivity contribution is 0.427. The van der Waals surface area contributed by atoms with E-state index in [-0.39, 0.29) is 12.4 Å². The van der Waals surface area contributed by atoms with Gasteiger partial charge in [0.2, 0.25) is 0 Å². The number of nitrogens with one attached hydrogen (secondary N) is 1. The Bertz CT molecular complexity index is 522. The molecule has 6 heteroatoms. The van der Waals surface area contributed by atoms with Crippen LogP contribution >= 0.6 is 11.6 Å². The molecular formula is C13H14ClF2N3. The van der Waals surface area contributed by atoms with Crippen molar-refractivity contribution in [1.82, 2.24) is 9.78 Å². The van der Waals surface area contributed by atoms with Crippen molar-refractivity contribution in [2.45, 2.75) is 13.0 Å². The molecule has 1 aromatic carbocycles. The fraction of sp³-hybridized carbons (Fsp3) is 0.308. The summed E-state index contributed by atoms with van der Waals surface area (Å²) in [5.74, 6) is 0.332. The van der Waals surface area contributed by atoms with Gasteiger partial charge in [0.05, 0.1) is 6.54 Å².